The predicted molar refractivity (Wildman–Crippen MR) is 75.7 cm³/mol. The van der Waals surface area contributed by atoms with Crippen molar-refractivity contribution in [3.63, 3.8) is 0 Å². The minimum Gasteiger partial charge on any atom is -0.352 e. The molecule has 112 valence electrons. The van der Waals surface area contributed by atoms with Crippen LogP contribution in [0, 0.1) is 11.6 Å². The van der Waals surface area contributed by atoms with E-state index in [9.17, 15) is 8.78 Å². The Morgan fingerprint density at radius 3 is 2.50 bits per heavy atom. The molecule has 1 aliphatic heterocycles. The van der Waals surface area contributed by atoms with Gasteiger partial charge in [0.25, 0.3) is 0 Å². The Bertz CT molecular complexity index is 420. The number of nitrogens with two attached hydrogens (primary N) is 1. The van der Waals surface area contributed by atoms with E-state index in [4.69, 9.17) is 5.73 Å². The number of rotatable bonds is 6. The van der Waals surface area contributed by atoms with Gasteiger partial charge in [0.15, 0.2) is 11.6 Å². The van der Waals surface area contributed by atoms with Crippen molar-refractivity contribution in [3.05, 3.63) is 23.9 Å². The summed E-state index contributed by atoms with van der Waals surface area (Å²) in [4.78, 5) is 8.11. The van der Waals surface area contributed by atoms with Gasteiger partial charge in [-0.3, -0.25) is 4.90 Å². The fraction of sp³-hybridized carbons (Fsp3) is 0.643. The maximum atomic E-state index is 13.6. The van der Waals surface area contributed by atoms with E-state index in [1.165, 1.54) is 0 Å². The fourth-order valence-corrected chi connectivity index (χ4v) is 2.48. The van der Waals surface area contributed by atoms with Crippen molar-refractivity contribution in [2.24, 2.45) is 5.73 Å². The third-order valence-corrected chi connectivity index (χ3v) is 3.64. The summed E-state index contributed by atoms with van der Waals surface area (Å²) in [5.74, 6) is -0.958. The second-order valence-corrected chi connectivity index (χ2v) is 5.14. The van der Waals surface area contributed by atoms with Gasteiger partial charge in [0.1, 0.15) is 5.82 Å². The highest BCUT2D eigenvalue weighted by molar-refractivity contribution is 5.40. The molecule has 0 unspecified atom stereocenters. The topological polar surface area (TPSA) is 45.4 Å². The largest absolute Gasteiger partial charge is 0.352 e. The van der Waals surface area contributed by atoms with Crippen molar-refractivity contribution in [3.8, 4) is 0 Å². The molecule has 1 aliphatic rings. The Kier molecular flexibility index (Phi) is 5.67. The summed E-state index contributed by atoms with van der Waals surface area (Å²) in [5, 5.41) is 0. The molecule has 1 aromatic heterocycles. The molecule has 20 heavy (non-hydrogen) atoms. The molecule has 0 radical (unpaired) electrons. The number of piperazine rings is 1. The molecule has 2 N–H and O–H groups in total. The van der Waals surface area contributed by atoms with E-state index < -0.39 is 11.6 Å². The van der Waals surface area contributed by atoms with Crippen LogP contribution in [-0.2, 0) is 0 Å². The molecule has 2 rings (SSSR count). The van der Waals surface area contributed by atoms with Gasteiger partial charge in [-0.1, -0.05) is 6.42 Å². The van der Waals surface area contributed by atoms with Gasteiger partial charge >= 0.3 is 0 Å². The van der Waals surface area contributed by atoms with Gasteiger partial charge in [-0.15, -0.1) is 0 Å². The van der Waals surface area contributed by atoms with Gasteiger partial charge in [0.2, 0.25) is 0 Å². The highest BCUT2D eigenvalue weighted by Crippen LogP contribution is 2.18. The number of pyridine rings is 1. The number of unbranched alkanes of at least 4 members (excludes halogenated alkanes) is 2. The SMILES string of the molecule is NCCCCCN1CCN(c2ncc(F)cc2F)CC1. The Labute approximate surface area is 118 Å². The first-order valence-corrected chi connectivity index (χ1v) is 7.19. The zero-order valence-electron chi connectivity index (χ0n) is 11.7. The lowest BCUT2D eigenvalue weighted by Gasteiger charge is -2.35. The molecular formula is C14H22F2N4. The monoisotopic (exact) mass is 284 g/mol. The van der Waals surface area contributed by atoms with Crippen LogP contribution in [0.4, 0.5) is 14.6 Å². The van der Waals surface area contributed by atoms with Crippen LogP contribution in [0.15, 0.2) is 12.3 Å². The van der Waals surface area contributed by atoms with Crippen LogP contribution in [-0.4, -0.2) is 49.2 Å². The van der Waals surface area contributed by atoms with E-state index in [0.717, 1.165) is 70.8 Å². The summed E-state index contributed by atoms with van der Waals surface area (Å²) in [5.41, 5.74) is 5.47. The average Bonchev–Trinajstić information content (AvgIpc) is 2.45. The van der Waals surface area contributed by atoms with E-state index in [2.05, 4.69) is 9.88 Å². The van der Waals surface area contributed by atoms with Gasteiger partial charge < -0.3 is 10.6 Å². The second kappa shape index (κ2) is 7.50. The first-order chi connectivity index (χ1) is 9.70. The minimum atomic E-state index is -0.634. The van der Waals surface area contributed by atoms with Gasteiger partial charge in [0, 0.05) is 32.2 Å². The van der Waals surface area contributed by atoms with Gasteiger partial charge in [-0.05, 0) is 25.9 Å². The quantitative estimate of drug-likeness (QED) is 0.806. The first kappa shape index (κ1) is 15.1. The van der Waals surface area contributed by atoms with Crippen molar-refractivity contribution in [1.82, 2.24) is 9.88 Å². The van der Waals surface area contributed by atoms with E-state index in [-0.39, 0.29) is 5.82 Å². The Balaban J connectivity index is 1.79. The molecule has 6 heteroatoms. The Hall–Kier alpha value is -1.27. The summed E-state index contributed by atoms with van der Waals surface area (Å²) in [6, 6.07) is 0.890. The fourth-order valence-electron chi connectivity index (χ4n) is 2.48. The van der Waals surface area contributed by atoms with E-state index in [1.807, 2.05) is 4.90 Å². The molecule has 0 spiro atoms. The number of anilines is 1. The number of hydrogen-bond donors (Lipinski definition) is 1. The molecule has 0 aliphatic carbocycles. The molecule has 2 heterocycles. The van der Waals surface area contributed by atoms with Gasteiger partial charge in [0.05, 0.1) is 6.20 Å². The van der Waals surface area contributed by atoms with Crippen molar-refractivity contribution < 1.29 is 8.78 Å². The maximum Gasteiger partial charge on any atom is 0.168 e. The van der Waals surface area contributed by atoms with Crippen LogP contribution in [0.2, 0.25) is 0 Å². The highest BCUT2D eigenvalue weighted by Gasteiger charge is 2.20. The van der Waals surface area contributed by atoms with Gasteiger partial charge in [-0.25, -0.2) is 13.8 Å². The molecule has 0 atom stereocenters. The molecule has 0 aromatic carbocycles. The van der Waals surface area contributed by atoms with Crippen LogP contribution in [0.3, 0.4) is 0 Å². The summed E-state index contributed by atoms with van der Waals surface area (Å²) < 4.78 is 26.5. The molecule has 1 saturated heterocycles. The lowest BCUT2D eigenvalue weighted by Crippen LogP contribution is -2.47. The van der Waals surface area contributed by atoms with Crippen LogP contribution in [0.1, 0.15) is 19.3 Å². The molecule has 4 nitrogen and oxygen atoms in total. The Morgan fingerprint density at radius 1 is 1.10 bits per heavy atom. The van der Waals surface area contributed by atoms with Crippen molar-refractivity contribution >= 4 is 5.82 Å². The number of nitrogens with zero attached hydrogens (tertiary/aromatic N) is 3. The standard InChI is InChI=1S/C14H22F2N4/c15-12-10-13(16)14(18-11-12)20-8-6-19(7-9-20)5-3-1-2-4-17/h10-11H,1-9,17H2. The maximum absolute atomic E-state index is 13.6. The number of hydrogen-bond acceptors (Lipinski definition) is 4. The zero-order chi connectivity index (χ0) is 14.4. The van der Waals surface area contributed by atoms with Crippen LogP contribution >= 0.6 is 0 Å². The Morgan fingerprint density at radius 2 is 1.85 bits per heavy atom. The third-order valence-electron chi connectivity index (χ3n) is 3.64. The van der Waals surface area contributed by atoms with E-state index >= 15 is 0 Å². The average molecular weight is 284 g/mol. The van der Waals surface area contributed by atoms with Crippen LogP contribution in [0.25, 0.3) is 0 Å². The molecule has 0 amide bonds. The third kappa shape index (κ3) is 4.11. The van der Waals surface area contributed by atoms with Crippen LogP contribution < -0.4 is 10.6 Å². The molecular weight excluding hydrogens is 262 g/mol. The molecule has 0 saturated carbocycles. The van der Waals surface area contributed by atoms with Gasteiger partial charge in [-0.2, -0.15) is 0 Å². The number of aromatic nitrogens is 1. The molecule has 1 aromatic rings. The highest BCUT2D eigenvalue weighted by atomic mass is 19.1. The van der Waals surface area contributed by atoms with Crippen LogP contribution in [0.5, 0.6) is 0 Å². The number of halogens is 2. The summed E-state index contributed by atoms with van der Waals surface area (Å²) >= 11 is 0. The second-order valence-electron chi connectivity index (χ2n) is 5.14. The smallest absolute Gasteiger partial charge is 0.168 e. The molecule has 1 fully saturated rings. The summed E-state index contributed by atoms with van der Waals surface area (Å²) in [7, 11) is 0. The summed E-state index contributed by atoms with van der Waals surface area (Å²) in [6.07, 6.45) is 4.45. The van der Waals surface area contributed by atoms with Crippen molar-refractivity contribution in [2.75, 3.05) is 44.2 Å². The van der Waals surface area contributed by atoms with Crippen molar-refractivity contribution in [1.29, 1.82) is 0 Å². The molecule has 0 bridgehead atoms. The van der Waals surface area contributed by atoms with E-state index in [0.29, 0.717) is 0 Å². The summed E-state index contributed by atoms with van der Waals surface area (Å²) in [6.45, 7) is 5.05. The van der Waals surface area contributed by atoms with E-state index in [1.54, 1.807) is 0 Å². The normalized spacial score (nSPS) is 16.6. The predicted octanol–water partition coefficient (Wildman–Crippen LogP) is 1.61. The zero-order valence-corrected chi connectivity index (χ0v) is 11.7. The lowest BCUT2D eigenvalue weighted by atomic mass is 10.2. The van der Waals surface area contributed by atoms with Crippen molar-refractivity contribution in [2.45, 2.75) is 19.3 Å². The first-order valence-electron chi connectivity index (χ1n) is 7.19. The lowest BCUT2D eigenvalue weighted by molar-refractivity contribution is 0.251. The minimum absolute atomic E-state index is 0.259.